The van der Waals surface area contributed by atoms with Gasteiger partial charge in [0, 0.05) is 18.8 Å². The fourth-order valence-corrected chi connectivity index (χ4v) is 3.14. The highest BCUT2D eigenvalue weighted by atomic mass is 35.5. The van der Waals surface area contributed by atoms with Crippen molar-refractivity contribution in [3.8, 4) is 0 Å². The Morgan fingerprint density at radius 1 is 1.47 bits per heavy atom. The van der Waals surface area contributed by atoms with Crippen LogP contribution in [0.1, 0.15) is 24.8 Å². The second-order valence-electron chi connectivity index (χ2n) is 4.48. The first kappa shape index (κ1) is 14.9. The van der Waals surface area contributed by atoms with E-state index in [1.54, 1.807) is 0 Å². The van der Waals surface area contributed by atoms with Gasteiger partial charge in [0.2, 0.25) is 0 Å². The van der Waals surface area contributed by atoms with Crippen LogP contribution in [0.15, 0.2) is 12.4 Å². The number of aromatic nitrogens is 2. The second-order valence-corrected chi connectivity index (χ2v) is 5.70. The van der Waals surface area contributed by atoms with Crippen molar-refractivity contribution in [2.45, 2.75) is 38.8 Å². The summed E-state index contributed by atoms with van der Waals surface area (Å²) in [6.07, 6.45) is 7.88. The first-order valence-electron chi connectivity index (χ1n) is 6.15. The largest absolute Gasteiger partial charge is 0.314 e. The van der Waals surface area contributed by atoms with Crippen LogP contribution < -0.4 is 5.32 Å². The molecule has 0 atom stereocenters. The molecule has 0 saturated carbocycles. The van der Waals surface area contributed by atoms with Gasteiger partial charge in [0.1, 0.15) is 0 Å². The van der Waals surface area contributed by atoms with E-state index in [4.69, 9.17) is 0 Å². The average Bonchev–Trinajstić information content (AvgIpc) is 2.72. The summed E-state index contributed by atoms with van der Waals surface area (Å²) in [5.41, 5.74) is 1.25. The molecule has 2 heterocycles. The Bertz CT molecular complexity index is 310. The minimum absolute atomic E-state index is 0. The zero-order valence-corrected chi connectivity index (χ0v) is 12.0. The van der Waals surface area contributed by atoms with Crippen LogP contribution in [0.4, 0.5) is 0 Å². The molecule has 1 N–H and O–H groups in total. The number of nitrogens with one attached hydrogen (secondary N) is 1. The smallest absolute Gasteiger partial charge is 0.0518 e. The van der Waals surface area contributed by atoms with E-state index in [1.165, 1.54) is 36.3 Å². The molecule has 0 aromatic carbocycles. The maximum absolute atomic E-state index is 4.29. The summed E-state index contributed by atoms with van der Waals surface area (Å²) in [6.45, 7) is 4.23. The van der Waals surface area contributed by atoms with E-state index in [2.05, 4.69) is 35.3 Å². The van der Waals surface area contributed by atoms with Crippen molar-refractivity contribution in [2.24, 2.45) is 0 Å². The zero-order chi connectivity index (χ0) is 11.2. The topological polar surface area (TPSA) is 29.9 Å². The van der Waals surface area contributed by atoms with Gasteiger partial charge in [0.15, 0.2) is 0 Å². The third kappa shape index (κ3) is 5.32. The molecule has 1 aliphatic heterocycles. The van der Waals surface area contributed by atoms with Gasteiger partial charge in [-0.1, -0.05) is 0 Å². The molecule has 17 heavy (non-hydrogen) atoms. The number of thioether (sulfide) groups is 1. The number of hydrogen-bond acceptors (Lipinski definition) is 3. The molecule has 1 aromatic rings. The van der Waals surface area contributed by atoms with Gasteiger partial charge in [-0.05, 0) is 49.8 Å². The minimum atomic E-state index is 0. The van der Waals surface area contributed by atoms with Gasteiger partial charge in [0.05, 0.1) is 6.20 Å². The molecule has 3 nitrogen and oxygen atoms in total. The molecular weight excluding hydrogens is 254 g/mol. The molecule has 1 aromatic heterocycles. The molecule has 0 aliphatic carbocycles. The predicted molar refractivity (Wildman–Crippen MR) is 77.2 cm³/mol. The maximum Gasteiger partial charge on any atom is 0.0518 e. The van der Waals surface area contributed by atoms with Crippen molar-refractivity contribution >= 4 is 24.2 Å². The molecule has 0 bridgehead atoms. The highest BCUT2D eigenvalue weighted by Gasteiger charge is 2.11. The lowest BCUT2D eigenvalue weighted by molar-refractivity contribution is 0.456. The van der Waals surface area contributed by atoms with Gasteiger partial charge in [-0.25, -0.2) is 0 Å². The van der Waals surface area contributed by atoms with Crippen LogP contribution >= 0.6 is 24.2 Å². The lowest BCUT2D eigenvalue weighted by Gasteiger charge is -2.22. The number of aryl methyl sites for hydroxylation is 2. The van der Waals surface area contributed by atoms with Crippen LogP contribution in [0, 0.1) is 6.92 Å². The van der Waals surface area contributed by atoms with Gasteiger partial charge >= 0.3 is 0 Å². The standard InChI is InChI=1S/C12H21N3S.ClH/c1-11-9-14-15(10-11)6-2-5-13-12-3-7-16-8-4-12;/h9-10,12-13H,2-8H2,1H3;1H. The van der Waals surface area contributed by atoms with Crippen molar-refractivity contribution in [2.75, 3.05) is 18.1 Å². The SMILES string of the molecule is Cc1cnn(CCCNC2CCSCC2)c1.Cl. The van der Waals surface area contributed by atoms with Crippen LogP contribution in [0.2, 0.25) is 0 Å². The summed E-state index contributed by atoms with van der Waals surface area (Å²) >= 11 is 2.08. The van der Waals surface area contributed by atoms with Crippen LogP contribution in [0.3, 0.4) is 0 Å². The summed E-state index contributed by atoms with van der Waals surface area (Å²) in [4.78, 5) is 0. The minimum Gasteiger partial charge on any atom is -0.314 e. The lowest BCUT2D eigenvalue weighted by Crippen LogP contribution is -2.33. The zero-order valence-electron chi connectivity index (χ0n) is 10.4. The molecule has 98 valence electrons. The highest BCUT2D eigenvalue weighted by Crippen LogP contribution is 2.16. The third-order valence-electron chi connectivity index (χ3n) is 2.98. The van der Waals surface area contributed by atoms with Crippen LogP contribution in [-0.4, -0.2) is 33.9 Å². The number of halogens is 1. The molecule has 1 fully saturated rings. The summed E-state index contributed by atoms with van der Waals surface area (Å²) in [5.74, 6) is 2.66. The molecule has 0 radical (unpaired) electrons. The van der Waals surface area contributed by atoms with Crippen LogP contribution in [0.25, 0.3) is 0 Å². The molecule has 0 unspecified atom stereocenters. The van der Waals surface area contributed by atoms with E-state index in [9.17, 15) is 0 Å². The van der Waals surface area contributed by atoms with Gasteiger partial charge in [-0.15, -0.1) is 12.4 Å². The van der Waals surface area contributed by atoms with E-state index in [0.717, 1.165) is 19.1 Å². The number of nitrogens with zero attached hydrogens (tertiary/aromatic N) is 2. The second kappa shape index (κ2) is 8.01. The molecule has 5 heteroatoms. The molecule has 2 rings (SSSR count). The van der Waals surface area contributed by atoms with E-state index < -0.39 is 0 Å². The van der Waals surface area contributed by atoms with Gasteiger partial charge in [-0.3, -0.25) is 4.68 Å². The Balaban J connectivity index is 0.00000144. The fraction of sp³-hybridized carbons (Fsp3) is 0.750. The molecule has 1 aliphatic rings. The van der Waals surface area contributed by atoms with Crippen molar-refractivity contribution < 1.29 is 0 Å². The monoisotopic (exact) mass is 275 g/mol. The Hall–Kier alpha value is -0.190. The quantitative estimate of drug-likeness (QED) is 0.838. The highest BCUT2D eigenvalue weighted by molar-refractivity contribution is 7.99. The Morgan fingerprint density at radius 2 is 2.24 bits per heavy atom. The lowest BCUT2D eigenvalue weighted by atomic mass is 10.1. The Morgan fingerprint density at radius 3 is 2.88 bits per heavy atom. The van der Waals surface area contributed by atoms with Gasteiger partial charge in [0.25, 0.3) is 0 Å². The van der Waals surface area contributed by atoms with E-state index in [-0.39, 0.29) is 12.4 Å². The summed E-state index contributed by atoms with van der Waals surface area (Å²) in [7, 11) is 0. The summed E-state index contributed by atoms with van der Waals surface area (Å²) in [5, 5.41) is 7.93. The van der Waals surface area contributed by atoms with E-state index in [1.807, 2.05) is 10.9 Å². The molecular formula is C12H22ClN3S. The van der Waals surface area contributed by atoms with Gasteiger partial charge in [-0.2, -0.15) is 16.9 Å². The van der Waals surface area contributed by atoms with Crippen molar-refractivity contribution in [3.63, 3.8) is 0 Å². The van der Waals surface area contributed by atoms with Crippen molar-refractivity contribution in [3.05, 3.63) is 18.0 Å². The molecule has 0 spiro atoms. The van der Waals surface area contributed by atoms with Crippen LogP contribution in [-0.2, 0) is 6.54 Å². The Kier molecular flexibility index (Phi) is 7.00. The van der Waals surface area contributed by atoms with Crippen LogP contribution in [0.5, 0.6) is 0 Å². The first-order valence-corrected chi connectivity index (χ1v) is 7.30. The first-order chi connectivity index (χ1) is 7.84. The maximum atomic E-state index is 4.29. The third-order valence-corrected chi connectivity index (χ3v) is 4.03. The number of hydrogen-bond donors (Lipinski definition) is 1. The van der Waals surface area contributed by atoms with Gasteiger partial charge < -0.3 is 5.32 Å². The van der Waals surface area contributed by atoms with E-state index >= 15 is 0 Å². The van der Waals surface area contributed by atoms with Crippen molar-refractivity contribution in [1.82, 2.24) is 15.1 Å². The van der Waals surface area contributed by atoms with Crippen molar-refractivity contribution in [1.29, 1.82) is 0 Å². The predicted octanol–water partition coefficient (Wildman–Crippen LogP) is 2.49. The normalized spacial score (nSPS) is 16.8. The number of rotatable bonds is 5. The molecule has 0 amide bonds. The average molecular weight is 276 g/mol. The Labute approximate surface area is 114 Å². The fourth-order valence-electron chi connectivity index (χ4n) is 2.04. The summed E-state index contributed by atoms with van der Waals surface area (Å²) in [6, 6.07) is 0.764. The summed E-state index contributed by atoms with van der Waals surface area (Å²) < 4.78 is 2.04. The van der Waals surface area contributed by atoms with E-state index in [0.29, 0.717) is 0 Å². The molecule has 1 saturated heterocycles.